The minimum absolute atomic E-state index is 0.471. The van der Waals surface area contributed by atoms with Crippen LogP contribution in [0.25, 0.3) is 0 Å². The summed E-state index contributed by atoms with van der Waals surface area (Å²) in [5.74, 6) is -5.63. The highest BCUT2D eigenvalue weighted by Crippen LogP contribution is 2.39. The zero-order valence-electron chi connectivity index (χ0n) is 28.4. The number of benzene rings is 1. The molecule has 0 unspecified atom stereocenters. The van der Waals surface area contributed by atoms with Crippen molar-refractivity contribution in [1.82, 2.24) is 0 Å². The van der Waals surface area contributed by atoms with E-state index in [0.717, 1.165) is 60.2 Å². The van der Waals surface area contributed by atoms with Gasteiger partial charge in [-0.2, -0.15) is 0 Å². The summed E-state index contributed by atoms with van der Waals surface area (Å²) in [7, 11) is 0. The molecule has 276 valence electrons. The SMILES string of the molecule is CC(=O)OC[C@@H]1O[C@@H](Sc2ccccc2)[C@H](OC(C)=O)[C@@H](OC(C)=O)[C@@H]1O[C@H]1O[C@H](COC(C)=O)[C@@H](OC(C)=O)[C@H](OC(C)=O)[C@H]1OC(C)=O. The molecule has 0 radical (unpaired) electrons. The molecule has 0 saturated carbocycles. The van der Waals surface area contributed by atoms with Crippen molar-refractivity contribution in [1.29, 1.82) is 0 Å². The molecule has 0 aliphatic carbocycles. The van der Waals surface area contributed by atoms with Gasteiger partial charge in [0, 0.05) is 53.4 Å². The van der Waals surface area contributed by atoms with Crippen molar-refractivity contribution in [3.8, 4) is 0 Å². The van der Waals surface area contributed by atoms with Gasteiger partial charge in [0.15, 0.2) is 36.8 Å². The van der Waals surface area contributed by atoms with Crippen LogP contribution in [0.4, 0.5) is 0 Å². The molecule has 1 aromatic carbocycles. The van der Waals surface area contributed by atoms with E-state index in [9.17, 15) is 33.6 Å². The summed E-state index contributed by atoms with van der Waals surface area (Å²) in [5, 5.41) is 0. The maximum absolute atomic E-state index is 12.5. The second-order valence-corrected chi connectivity index (χ2v) is 12.3. The summed E-state index contributed by atoms with van der Waals surface area (Å²) in [6.45, 7) is 6.66. The maximum Gasteiger partial charge on any atom is 0.303 e. The summed E-state index contributed by atoms with van der Waals surface area (Å²) >= 11 is 1.12. The van der Waals surface area contributed by atoms with Gasteiger partial charge in [0.2, 0.25) is 0 Å². The van der Waals surface area contributed by atoms with E-state index in [1.165, 1.54) is 0 Å². The molecule has 18 heteroatoms. The lowest BCUT2D eigenvalue weighted by molar-refractivity contribution is -0.341. The molecule has 2 aliphatic heterocycles. The van der Waals surface area contributed by atoms with Gasteiger partial charge in [-0.25, -0.2) is 0 Å². The second-order valence-electron chi connectivity index (χ2n) is 11.1. The van der Waals surface area contributed by atoms with E-state index in [0.29, 0.717) is 4.90 Å². The van der Waals surface area contributed by atoms with Crippen molar-refractivity contribution in [3.63, 3.8) is 0 Å². The van der Waals surface area contributed by atoms with E-state index in [1.54, 1.807) is 30.3 Å². The predicted molar refractivity (Wildman–Crippen MR) is 166 cm³/mol. The molecule has 2 saturated heterocycles. The summed E-state index contributed by atoms with van der Waals surface area (Å²) in [6, 6.07) is 8.85. The minimum Gasteiger partial charge on any atom is -0.463 e. The zero-order valence-corrected chi connectivity index (χ0v) is 29.2. The lowest BCUT2D eigenvalue weighted by Gasteiger charge is -2.48. The van der Waals surface area contributed by atoms with Crippen molar-refractivity contribution in [2.75, 3.05) is 13.2 Å². The average Bonchev–Trinajstić information content (AvgIpc) is 3.00. The smallest absolute Gasteiger partial charge is 0.303 e. The van der Waals surface area contributed by atoms with Crippen LogP contribution in [0.3, 0.4) is 0 Å². The first-order chi connectivity index (χ1) is 23.5. The molecule has 0 spiro atoms. The molecule has 17 nitrogen and oxygen atoms in total. The van der Waals surface area contributed by atoms with E-state index in [4.69, 9.17) is 47.4 Å². The lowest BCUT2D eigenvalue weighted by atomic mass is 9.96. The topological polar surface area (TPSA) is 212 Å². The highest BCUT2D eigenvalue weighted by Gasteiger charge is 2.57. The fraction of sp³-hybridized carbons (Fsp3) is 0.594. The zero-order chi connectivity index (χ0) is 37.1. The largest absolute Gasteiger partial charge is 0.463 e. The Morgan fingerprint density at radius 1 is 0.520 bits per heavy atom. The number of carbonyl (C=O) groups is 7. The first-order valence-corrected chi connectivity index (χ1v) is 16.2. The summed E-state index contributed by atoms with van der Waals surface area (Å²) in [4.78, 5) is 86.2. The van der Waals surface area contributed by atoms with Crippen molar-refractivity contribution >= 4 is 53.5 Å². The van der Waals surface area contributed by atoms with Gasteiger partial charge in [-0.1, -0.05) is 30.0 Å². The Morgan fingerprint density at radius 2 is 0.940 bits per heavy atom. The predicted octanol–water partition coefficient (Wildman–Crippen LogP) is 1.40. The Kier molecular flexibility index (Phi) is 15.0. The van der Waals surface area contributed by atoms with Crippen LogP contribution >= 0.6 is 11.8 Å². The number of thioether (sulfide) groups is 1. The Bertz CT molecular complexity index is 1390. The van der Waals surface area contributed by atoms with Crippen LogP contribution in [-0.2, 0) is 80.9 Å². The molecule has 2 aliphatic rings. The highest BCUT2D eigenvalue weighted by atomic mass is 32.2. The van der Waals surface area contributed by atoms with Gasteiger partial charge < -0.3 is 47.4 Å². The standard InChI is InChI=1S/C32H40O17S/c1-15(33)40-13-23-25(42-17(3)35)27(43-18(4)36)29(45-20(6)38)31(47-23)49-26-24(14-41-16(2)34)48-32(50-22-11-9-8-10-12-22)30(46-21(7)39)28(26)44-19(5)37/h8-12,23-32H,13-14H2,1-7H3/t23-,24+,25-,26-,27+,28+,29-,30-,31-,32+/m1/s1. The van der Waals surface area contributed by atoms with Crippen molar-refractivity contribution in [2.24, 2.45) is 0 Å². The quantitative estimate of drug-likeness (QED) is 0.207. The number of esters is 7. The molecule has 50 heavy (non-hydrogen) atoms. The highest BCUT2D eigenvalue weighted by molar-refractivity contribution is 7.99. The van der Waals surface area contributed by atoms with Crippen molar-refractivity contribution in [3.05, 3.63) is 30.3 Å². The molecule has 2 fully saturated rings. The second kappa shape index (κ2) is 18.7. The Balaban J connectivity index is 2.16. The van der Waals surface area contributed by atoms with Crippen LogP contribution in [0.1, 0.15) is 48.5 Å². The molecule has 0 amide bonds. The van der Waals surface area contributed by atoms with Gasteiger partial charge >= 0.3 is 41.8 Å². The molecule has 0 aromatic heterocycles. The molecule has 3 rings (SSSR count). The van der Waals surface area contributed by atoms with Gasteiger partial charge in [0.1, 0.15) is 37.0 Å². The molecular weight excluding hydrogens is 688 g/mol. The van der Waals surface area contributed by atoms with Crippen LogP contribution in [0.2, 0.25) is 0 Å². The average molecular weight is 729 g/mol. The van der Waals surface area contributed by atoms with E-state index in [1.807, 2.05) is 0 Å². The number of hydrogen-bond donors (Lipinski definition) is 0. The molecular formula is C32H40O17S. The van der Waals surface area contributed by atoms with E-state index in [2.05, 4.69) is 0 Å². The summed E-state index contributed by atoms with van der Waals surface area (Å²) in [6.07, 6.45) is -13.4. The Labute approximate surface area is 291 Å². The van der Waals surface area contributed by atoms with Gasteiger partial charge in [-0.3, -0.25) is 33.6 Å². The minimum atomic E-state index is -1.75. The van der Waals surface area contributed by atoms with Crippen LogP contribution in [0, 0.1) is 0 Å². The van der Waals surface area contributed by atoms with E-state index < -0.39 is 116 Å². The van der Waals surface area contributed by atoms with Gasteiger partial charge in [-0.15, -0.1) is 0 Å². The normalized spacial score (nSPS) is 29.0. The van der Waals surface area contributed by atoms with Crippen LogP contribution in [0.5, 0.6) is 0 Å². The third-order valence-electron chi connectivity index (χ3n) is 6.88. The number of rotatable bonds is 13. The monoisotopic (exact) mass is 728 g/mol. The molecule has 0 N–H and O–H groups in total. The Morgan fingerprint density at radius 3 is 1.42 bits per heavy atom. The molecule has 1 aromatic rings. The van der Waals surface area contributed by atoms with Crippen molar-refractivity contribution in [2.45, 2.75) is 114 Å². The Hall–Kier alpha value is -4.26. The summed E-state index contributed by atoms with van der Waals surface area (Å²) in [5.41, 5.74) is -1.05. The molecule has 10 atom stereocenters. The van der Waals surface area contributed by atoms with Gasteiger partial charge in [0.05, 0.1) is 0 Å². The van der Waals surface area contributed by atoms with Gasteiger partial charge in [0.25, 0.3) is 0 Å². The number of hydrogen-bond acceptors (Lipinski definition) is 18. The fourth-order valence-corrected chi connectivity index (χ4v) is 6.33. The van der Waals surface area contributed by atoms with E-state index in [-0.39, 0.29) is 0 Å². The maximum atomic E-state index is 12.5. The van der Waals surface area contributed by atoms with Crippen LogP contribution < -0.4 is 0 Å². The third kappa shape index (κ3) is 12.0. The summed E-state index contributed by atoms with van der Waals surface area (Å²) < 4.78 is 56.8. The van der Waals surface area contributed by atoms with Crippen molar-refractivity contribution < 1.29 is 80.9 Å². The third-order valence-corrected chi connectivity index (χ3v) is 8.04. The van der Waals surface area contributed by atoms with Crippen LogP contribution in [0.15, 0.2) is 35.2 Å². The fourth-order valence-electron chi connectivity index (χ4n) is 5.20. The first-order valence-electron chi connectivity index (χ1n) is 15.4. The first kappa shape index (κ1) is 40.2. The number of ether oxygens (including phenoxy) is 10. The van der Waals surface area contributed by atoms with Crippen LogP contribution in [-0.4, -0.2) is 116 Å². The number of carbonyl (C=O) groups excluding carboxylic acids is 7. The molecule has 2 heterocycles. The lowest BCUT2D eigenvalue weighted by Crippen LogP contribution is -2.66. The van der Waals surface area contributed by atoms with E-state index >= 15 is 0 Å². The van der Waals surface area contributed by atoms with Gasteiger partial charge in [-0.05, 0) is 12.1 Å². The molecule has 0 bridgehead atoms.